The average molecular weight is 376 g/mol. The molecule has 6 heteroatoms. The van der Waals surface area contributed by atoms with E-state index in [0.29, 0.717) is 17.5 Å². The third-order valence-corrected chi connectivity index (χ3v) is 4.87. The van der Waals surface area contributed by atoms with Crippen LogP contribution >= 0.6 is 11.8 Å². The van der Waals surface area contributed by atoms with Gasteiger partial charge in [-0.2, -0.15) is 5.26 Å². The fourth-order valence-electron chi connectivity index (χ4n) is 2.60. The van der Waals surface area contributed by atoms with E-state index in [1.807, 2.05) is 54.0 Å². The van der Waals surface area contributed by atoms with Gasteiger partial charge in [0.1, 0.15) is 12.4 Å². The lowest BCUT2D eigenvalue weighted by atomic mass is 10.1. The highest BCUT2D eigenvalue weighted by atomic mass is 32.2. The van der Waals surface area contributed by atoms with E-state index in [2.05, 4.69) is 35.0 Å². The molecule has 0 aliphatic heterocycles. The van der Waals surface area contributed by atoms with E-state index in [-0.39, 0.29) is 11.9 Å². The summed E-state index contributed by atoms with van der Waals surface area (Å²) in [6.07, 6.45) is 1.78. The van der Waals surface area contributed by atoms with Crippen LogP contribution in [0, 0.1) is 11.3 Å². The van der Waals surface area contributed by atoms with Crippen molar-refractivity contribution in [3.63, 3.8) is 0 Å². The van der Waals surface area contributed by atoms with Gasteiger partial charge in [-0.15, -0.1) is 16.8 Å². The molecular formula is C21H20N4OS. The van der Waals surface area contributed by atoms with Crippen LogP contribution in [0.4, 0.5) is 0 Å². The molecule has 0 aliphatic rings. The fraction of sp³-hybridized carbons (Fsp3) is 0.190. The van der Waals surface area contributed by atoms with Crippen LogP contribution in [0.2, 0.25) is 0 Å². The molecule has 0 saturated heterocycles. The van der Waals surface area contributed by atoms with Gasteiger partial charge in [-0.05, 0) is 18.6 Å². The summed E-state index contributed by atoms with van der Waals surface area (Å²) in [5.74, 6) is 1.49. The molecule has 3 rings (SSSR count). The Kier molecular flexibility index (Phi) is 6.29. The maximum Gasteiger partial charge on any atom is 0.192 e. The molecule has 0 N–H and O–H groups in total. The highest BCUT2D eigenvalue weighted by molar-refractivity contribution is 8.00. The Bertz CT molecular complexity index is 946. The number of aromatic nitrogens is 3. The van der Waals surface area contributed by atoms with E-state index in [9.17, 15) is 0 Å². The molecule has 5 nitrogen and oxygen atoms in total. The van der Waals surface area contributed by atoms with Gasteiger partial charge in [0, 0.05) is 12.1 Å². The molecule has 27 heavy (non-hydrogen) atoms. The first kappa shape index (κ1) is 18.7. The predicted molar refractivity (Wildman–Crippen MR) is 107 cm³/mol. The minimum absolute atomic E-state index is 0.203. The van der Waals surface area contributed by atoms with Gasteiger partial charge in [-0.1, -0.05) is 66.4 Å². The van der Waals surface area contributed by atoms with Gasteiger partial charge in [-0.25, -0.2) is 0 Å². The Hall–Kier alpha value is -3.04. The number of thioether (sulfide) groups is 1. The van der Waals surface area contributed by atoms with Crippen molar-refractivity contribution in [3.8, 4) is 22.9 Å². The molecule has 0 amide bonds. The van der Waals surface area contributed by atoms with E-state index in [4.69, 9.17) is 10.00 Å². The van der Waals surface area contributed by atoms with Gasteiger partial charge >= 0.3 is 0 Å². The van der Waals surface area contributed by atoms with Crippen LogP contribution in [0.1, 0.15) is 12.7 Å². The SMILES string of the molecule is C=CCn1c(COc2ccccc2-c2ccccc2)nnc1S[C@H](C)C#N. The van der Waals surface area contributed by atoms with Crippen molar-refractivity contribution in [1.82, 2.24) is 14.8 Å². The molecule has 0 fully saturated rings. The van der Waals surface area contributed by atoms with Gasteiger partial charge in [0.05, 0.1) is 11.3 Å². The summed E-state index contributed by atoms with van der Waals surface area (Å²) in [6.45, 7) is 6.48. The number of nitriles is 1. The molecule has 0 bridgehead atoms. The summed E-state index contributed by atoms with van der Waals surface area (Å²) < 4.78 is 8.00. The van der Waals surface area contributed by atoms with Crippen molar-refractivity contribution >= 4 is 11.8 Å². The predicted octanol–water partition coefficient (Wildman–Crippen LogP) is 4.71. The second-order valence-corrected chi connectivity index (χ2v) is 7.15. The topological polar surface area (TPSA) is 63.7 Å². The van der Waals surface area contributed by atoms with Gasteiger partial charge in [0.2, 0.25) is 0 Å². The molecule has 136 valence electrons. The van der Waals surface area contributed by atoms with Crippen LogP contribution in [0.15, 0.2) is 72.4 Å². The van der Waals surface area contributed by atoms with E-state index < -0.39 is 0 Å². The number of hydrogen-bond acceptors (Lipinski definition) is 5. The molecule has 0 saturated carbocycles. The number of hydrogen-bond donors (Lipinski definition) is 0. The standard InChI is InChI=1S/C21H20N4OS/c1-3-13-25-20(23-24-21(25)27-16(2)14-22)15-26-19-12-8-7-11-18(19)17-9-5-4-6-10-17/h3-12,16H,1,13,15H2,2H3/t16-/m1/s1. The first-order valence-corrected chi connectivity index (χ1v) is 9.47. The molecular weight excluding hydrogens is 356 g/mol. The Labute approximate surface area is 163 Å². The number of rotatable bonds is 8. The normalized spacial score (nSPS) is 11.6. The smallest absolute Gasteiger partial charge is 0.192 e. The maximum atomic E-state index is 9.04. The first-order valence-electron chi connectivity index (χ1n) is 8.59. The molecule has 0 radical (unpaired) electrons. The lowest BCUT2D eigenvalue weighted by Gasteiger charge is -2.12. The zero-order valence-electron chi connectivity index (χ0n) is 15.1. The van der Waals surface area contributed by atoms with Crippen molar-refractivity contribution in [3.05, 3.63) is 73.1 Å². The Morgan fingerprint density at radius 3 is 2.67 bits per heavy atom. The van der Waals surface area contributed by atoms with Gasteiger partial charge in [0.15, 0.2) is 11.0 Å². The van der Waals surface area contributed by atoms with Gasteiger partial charge < -0.3 is 4.74 Å². The molecule has 2 aromatic carbocycles. The quantitative estimate of drug-likeness (QED) is 0.421. The van der Waals surface area contributed by atoms with Crippen LogP contribution in [0.5, 0.6) is 5.75 Å². The largest absolute Gasteiger partial charge is 0.485 e. The minimum atomic E-state index is -0.203. The van der Waals surface area contributed by atoms with E-state index >= 15 is 0 Å². The number of ether oxygens (including phenoxy) is 1. The fourth-order valence-corrected chi connectivity index (χ4v) is 3.36. The van der Waals surface area contributed by atoms with Gasteiger partial charge in [-0.3, -0.25) is 4.57 Å². The van der Waals surface area contributed by atoms with Crippen LogP contribution in [-0.4, -0.2) is 20.0 Å². The summed E-state index contributed by atoms with van der Waals surface area (Å²) in [5, 5.41) is 18.0. The third kappa shape index (κ3) is 4.57. The van der Waals surface area contributed by atoms with Crippen molar-refractivity contribution in [1.29, 1.82) is 5.26 Å². The highest BCUT2D eigenvalue weighted by Gasteiger charge is 2.15. The van der Waals surface area contributed by atoms with E-state index in [1.165, 1.54) is 11.8 Å². The molecule has 0 unspecified atom stereocenters. The van der Waals surface area contributed by atoms with Crippen LogP contribution in [0.3, 0.4) is 0 Å². The summed E-state index contributed by atoms with van der Waals surface area (Å²) in [4.78, 5) is 0. The Morgan fingerprint density at radius 1 is 1.19 bits per heavy atom. The minimum Gasteiger partial charge on any atom is -0.485 e. The first-order chi connectivity index (χ1) is 13.2. The summed E-state index contributed by atoms with van der Waals surface area (Å²) in [7, 11) is 0. The van der Waals surface area contributed by atoms with Crippen LogP contribution in [0.25, 0.3) is 11.1 Å². The molecule has 1 atom stereocenters. The zero-order chi connectivity index (χ0) is 19.1. The van der Waals surface area contributed by atoms with Crippen LogP contribution in [-0.2, 0) is 13.2 Å². The van der Waals surface area contributed by atoms with Crippen molar-refractivity contribution in [2.45, 2.75) is 30.5 Å². The second-order valence-electron chi connectivity index (χ2n) is 5.84. The lowest BCUT2D eigenvalue weighted by Crippen LogP contribution is -2.08. The molecule has 1 heterocycles. The monoisotopic (exact) mass is 376 g/mol. The Balaban J connectivity index is 1.82. The third-order valence-electron chi connectivity index (χ3n) is 3.90. The molecule has 0 spiro atoms. The number of nitrogens with zero attached hydrogens (tertiary/aromatic N) is 4. The van der Waals surface area contributed by atoms with Crippen molar-refractivity contribution in [2.24, 2.45) is 0 Å². The maximum absolute atomic E-state index is 9.04. The summed E-state index contributed by atoms with van der Waals surface area (Å²) in [6, 6.07) is 20.2. The molecule has 1 aromatic heterocycles. The van der Waals surface area contributed by atoms with Crippen LogP contribution < -0.4 is 4.74 Å². The molecule has 0 aliphatic carbocycles. The average Bonchev–Trinajstić information content (AvgIpc) is 3.09. The Morgan fingerprint density at radius 2 is 1.93 bits per heavy atom. The van der Waals surface area contributed by atoms with E-state index in [1.54, 1.807) is 6.08 Å². The van der Waals surface area contributed by atoms with Gasteiger partial charge in [0.25, 0.3) is 0 Å². The summed E-state index contributed by atoms with van der Waals surface area (Å²) in [5.41, 5.74) is 2.13. The summed E-state index contributed by atoms with van der Waals surface area (Å²) >= 11 is 1.38. The lowest BCUT2D eigenvalue weighted by molar-refractivity contribution is 0.290. The highest BCUT2D eigenvalue weighted by Crippen LogP contribution is 2.30. The molecule has 3 aromatic rings. The number of para-hydroxylation sites is 1. The zero-order valence-corrected chi connectivity index (χ0v) is 15.9. The number of benzene rings is 2. The van der Waals surface area contributed by atoms with Crippen molar-refractivity contribution in [2.75, 3.05) is 0 Å². The number of allylic oxidation sites excluding steroid dienone is 1. The van der Waals surface area contributed by atoms with E-state index in [0.717, 1.165) is 16.9 Å². The van der Waals surface area contributed by atoms with Crippen molar-refractivity contribution < 1.29 is 4.74 Å². The second kappa shape index (κ2) is 9.06.